The number of rotatable bonds is 6. The van der Waals surface area contributed by atoms with Crippen LogP contribution >= 0.6 is 0 Å². The summed E-state index contributed by atoms with van der Waals surface area (Å²) in [6.07, 6.45) is 0. The molecule has 0 aliphatic rings. The first-order chi connectivity index (χ1) is 12.6. The molecule has 132 valence electrons. The van der Waals surface area contributed by atoms with Gasteiger partial charge in [0.15, 0.2) is 6.04 Å². The number of nitrogens with one attached hydrogen (secondary N) is 1. The van der Waals surface area contributed by atoms with Crippen LogP contribution in [0.5, 0.6) is 0 Å². The Hall–Kier alpha value is -2.91. The average molecular weight is 345 g/mol. The first-order valence-corrected chi connectivity index (χ1v) is 8.94. The van der Waals surface area contributed by atoms with Crippen molar-refractivity contribution in [2.24, 2.45) is 0 Å². The van der Waals surface area contributed by atoms with Gasteiger partial charge in [0, 0.05) is 16.8 Å². The number of amides is 1. The van der Waals surface area contributed by atoms with Crippen LogP contribution in [0.3, 0.4) is 0 Å². The number of quaternary nitrogens is 1. The Morgan fingerprint density at radius 1 is 0.923 bits per heavy atom. The topological polar surface area (TPSA) is 45.7 Å². The second-order valence-electron chi connectivity index (χ2n) is 6.62. The Kier molecular flexibility index (Phi) is 5.82. The van der Waals surface area contributed by atoms with Gasteiger partial charge in [-0.25, -0.2) is 0 Å². The van der Waals surface area contributed by atoms with Crippen LogP contribution in [0.1, 0.15) is 28.3 Å². The molecule has 3 N–H and O–H groups in total. The molecule has 0 aromatic heterocycles. The lowest BCUT2D eigenvalue weighted by atomic mass is 10.0. The van der Waals surface area contributed by atoms with E-state index in [-0.39, 0.29) is 11.9 Å². The molecular weight excluding hydrogens is 320 g/mol. The number of hydrogen-bond donors (Lipinski definition) is 2. The summed E-state index contributed by atoms with van der Waals surface area (Å²) in [5.74, 6) is 0.000770. The Bertz CT molecular complexity index is 860. The van der Waals surface area contributed by atoms with Crippen molar-refractivity contribution in [1.82, 2.24) is 0 Å². The number of benzene rings is 3. The third-order valence-electron chi connectivity index (χ3n) is 4.52. The largest absolute Gasteiger partial charge is 0.328 e. The predicted octanol–water partition coefficient (Wildman–Crippen LogP) is 3.75. The number of nitrogens with two attached hydrogens (primary N) is 1. The first kappa shape index (κ1) is 17.9. The van der Waals surface area contributed by atoms with E-state index < -0.39 is 0 Å². The number of aryl methyl sites for hydroxylation is 2. The number of carbonyl (C=O) groups is 1. The predicted molar refractivity (Wildman–Crippen MR) is 106 cm³/mol. The Balaban J connectivity index is 1.80. The zero-order valence-electron chi connectivity index (χ0n) is 15.3. The van der Waals surface area contributed by atoms with E-state index in [1.165, 1.54) is 5.56 Å². The molecule has 3 aromatic rings. The van der Waals surface area contributed by atoms with Crippen molar-refractivity contribution in [3.05, 3.63) is 101 Å². The average Bonchev–Trinajstić information content (AvgIpc) is 2.66. The number of anilines is 1. The van der Waals surface area contributed by atoms with E-state index in [2.05, 4.69) is 28.8 Å². The maximum absolute atomic E-state index is 13.1. The van der Waals surface area contributed by atoms with Crippen LogP contribution in [0.2, 0.25) is 0 Å². The van der Waals surface area contributed by atoms with E-state index in [0.717, 1.165) is 28.9 Å². The Labute approximate surface area is 155 Å². The third-order valence-corrected chi connectivity index (χ3v) is 4.52. The van der Waals surface area contributed by atoms with Gasteiger partial charge in [-0.15, -0.1) is 0 Å². The molecule has 0 bridgehead atoms. The van der Waals surface area contributed by atoms with Gasteiger partial charge in [-0.05, 0) is 31.0 Å². The summed E-state index contributed by atoms with van der Waals surface area (Å²) in [6, 6.07) is 26.0. The Morgan fingerprint density at radius 2 is 1.58 bits per heavy atom. The highest BCUT2D eigenvalue weighted by Gasteiger charge is 2.24. The van der Waals surface area contributed by atoms with Crippen molar-refractivity contribution in [1.29, 1.82) is 0 Å². The van der Waals surface area contributed by atoms with E-state index in [0.29, 0.717) is 0 Å². The van der Waals surface area contributed by atoms with Crippen LogP contribution in [0.25, 0.3) is 0 Å². The molecule has 0 unspecified atom stereocenters. The van der Waals surface area contributed by atoms with Gasteiger partial charge in [-0.1, -0.05) is 72.8 Å². The lowest BCUT2D eigenvalue weighted by Gasteiger charge is -2.17. The van der Waals surface area contributed by atoms with Crippen LogP contribution in [-0.4, -0.2) is 5.91 Å². The second kappa shape index (κ2) is 8.45. The molecule has 3 rings (SSSR count). The van der Waals surface area contributed by atoms with Crippen molar-refractivity contribution < 1.29 is 10.1 Å². The van der Waals surface area contributed by atoms with E-state index in [1.807, 2.05) is 74.5 Å². The molecule has 0 aliphatic heterocycles. The first-order valence-electron chi connectivity index (χ1n) is 8.94. The molecule has 1 atom stereocenters. The fourth-order valence-corrected chi connectivity index (χ4v) is 3.00. The van der Waals surface area contributed by atoms with Gasteiger partial charge in [-0.3, -0.25) is 4.79 Å². The van der Waals surface area contributed by atoms with Crippen molar-refractivity contribution in [3.8, 4) is 0 Å². The zero-order chi connectivity index (χ0) is 18.4. The van der Waals surface area contributed by atoms with Crippen LogP contribution in [0.15, 0.2) is 78.9 Å². The smallest absolute Gasteiger partial charge is 0.287 e. The van der Waals surface area contributed by atoms with E-state index >= 15 is 0 Å². The van der Waals surface area contributed by atoms with Crippen molar-refractivity contribution in [3.63, 3.8) is 0 Å². The molecule has 0 heterocycles. The van der Waals surface area contributed by atoms with Gasteiger partial charge in [0.1, 0.15) is 6.54 Å². The number of hydrogen-bond acceptors (Lipinski definition) is 1. The minimum atomic E-state index is -0.295. The summed E-state index contributed by atoms with van der Waals surface area (Å²) in [6.45, 7) is 4.80. The molecular formula is C23H25N2O+. The molecule has 1 amide bonds. The molecule has 0 radical (unpaired) electrons. The molecule has 3 nitrogen and oxygen atoms in total. The van der Waals surface area contributed by atoms with E-state index in [4.69, 9.17) is 0 Å². The van der Waals surface area contributed by atoms with Crippen molar-refractivity contribution >= 4 is 11.6 Å². The highest BCUT2D eigenvalue weighted by atomic mass is 16.2. The van der Waals surface area contributed by atoms with Gasteiger partial charge >= 0.3 is 0 Å². The van der Waals surface area contributed by atoms with Crippen LogP contribution in [-0.2, 0) is 11.3 Å². The summed E-state index contributed by atoms with van der Waals surface area (Å²) in [4.78, 5) is 13.1. The number of carbonyl (C=O) groups excluding carboxylic acids is 1. The van der Waals surface area contributed by atoms with E-state index in [9.17, 15) is 4.79 Å². The lowest BCUT2D eigenvalue weighted by molar-refractivity contribution is -0.697. The zero-order valence-corrected chi connectivity index (χ0v) is 15.3. The SMILES string of the molecule is Cc1ccc(C)c(NC(=O)[C@@H]([NH2+]Cc2ccccc2)c2ccccc2)c1. The summed E-state index contributed by atoms with van der Waals surface area (Å²) in [5, 5.41) is 5.20. The molecule has 0 fully saturated rings. The van der Waals surface area contributed by atoms with Gasteiger partial charge in [0.2, 0.25) is 0 Å². The molecule has 0 aliphatic carbocycles. The summed E-state index contributed by atoms with van der Waals surface area (Å²) in [7, 11) is 0. The fraction of sp³-hybridized carbons (Fsp3) is 0.174. The van der Waals surface area contributed by atoms with Gasteiger partial charge in [0.25, 0.3) is 5.91 Å². The van der Waals surface area contributed by atoms with Crippen LogP contribution < -0.4 is 10.6 Å². The molecule has 0 saturated heterocycles. The van der Waals surface area contributed by atoms with Gasteiger partial charge < -0.3 is 10.6 Å². The summed E-state index contributed by atoms with van der Waals surface area (Å²) >= 11 is 0. The Morgan fingerprint density at radius 3 is 2.27 bits per heavy atom. The van der Waals surface area contributed by atoms with Crippen molar-refractivity contribution in [2.75, 3.05) is 5.32 Å². The monoisotopic (exact) mass is 345 g/mol. The minimum Gasteiger partial charge on any atom is -0.328 e. The molecule has 26 heavy (non-hydrogen) atoms. The second-order valence-corrected chi connectivity index (χ2v) is 6.62. The summed E-state index contributed by atoms with van der Waals surface area (Å²) in [5.41, 5.74) is 5.29. The molecule has 3 aromatic carbocycles. The normalized spacial score (nSPS) is 11.8. The molecule has 0 spiro atoms. The van der Waals surface area contributed by atoms with Crippen LogP contribution in [0, 0.1) is 13.8 Å². The summed E-state index contributed by atoms with van der Waals surface area (Å²) < 4.78 is 0. The van der Waals surface area contributed by atoms with Crippen LogP contribution in [0.4, 0.5) is 5.69 Å². The van der Waals surface area contributed by atoms with Gasteiger partial charge in [0.05, 0.1) is 0 Å². The van der Waals surface area contributed by atoms with Crippen molar-refractivity contribution in [2.45, 2.75) is 26.4 Å². The minimum absolute atomic E-state index is 0.000770. The molecule has 3 heteroatoms. The quantitative estimate of drug-likeness (QED) is 0.702. The molecule has 0 saturated carbocycles. The highest BCUT2D eigenvalue weighted by molar-refractivity contribution is 5.95. The third kappa shape index (κ3) is 4.58. The van der Waals surface area contributed by atoms with Gasteiger partial charge in [-0.2, -0.15) is 0 Å². The fourth-order valence-electron chi connectivity index (χ4n) is 3.00. The highest BCUT2D eigenvalue weighted by Crippen LogP contribution is 2.18. The maximum atomic E-state index is 13.1. The standard InChI is InChI=1S/C23H24N2O/c1-17-13-14-18(2)21(15-17)25-23(26)22(20-11-7-4-8-12-20)24-16-19-9-5-3-6-10-19/h3-15,22,24H,16H2,1-2H3,(H,25,26)/p+1/t22-/m0/s1. The van der Waals surface area contributed by atoms with E-state index in [1.54, 1.807) is 0 Å². The maximum Gasteiger partial charge on any atom is 0.287 e. The lowest BCUT2D eigenvalue weighted by Crippen LogP contribution is -2.85.